The van der Waals surface area contributed by atoms with E-state index in [4.69, 9.17) is 5.11 Å². The van der Waals surface area contributed by atoms with Gasteiger partial charge in [0.2, 0.25) is 0 Å². The second-order valence-electron chi connectivity index (χ2n) is 4.24. The van der Waals surface area contributed by atoms with Crippen molar-refractivity contribution < 1.29 is 19.6 Å². The first-order valence-corrected chi connectivity index (χ1v) is 6.12. The van der Waals surface area contributed by atoms with Crippen LogP contribution in [0.25, 0.3) is 0 Å². The molecule has 0 heterocycles. The summed E-state index contributed by atoms with van der Waals surface area (Å²) in [4.78, 5) is 33.0. The number of non-ortho nitro benzene ring substituents is 1. The Hall–Kier alpha value is -3.42. The summed E-state index contributed by atoms with van der Waals surface area (Å²) in [7, 11) is 0. The van der Waals surface area contributed by atoms with Gasteiger partial charge >= 0.3 is 12.0 Å². The summed E-state index contributed by atoms with van der Waals surface area (Å²) >= 11 is 0. The molecular formula is C14H11N3O5. The molecule has 0 atom stereocenters. The van der Waals surface area contributed by atoms with Gasteiger partial charge in [-0.1, -0.05) is 18.2 Å². The van der Waals surface area contributed by atoms with Crippen molar-refractivity contribution >= 4 is 29.1 Å². The summed E-state index contributed by atoms with van der Waals surface area (Å²) < 4.78 is 0. The highest BCUT2D eigenvalue weighted by atomic mass is 16.6. The predicted octanol–water partition coefficient (Wildman–Crippen LogP) is 2.94. The minimum Gasteiger partial charge on any atom is -0.478 e. The third-order valence-corrected chi connectivity index (χ3v) is 2.72. The highest BCUT2D eigenvalue weighted by molar-refractivity contribution is 6.04. The smallest absolute Gasteiger partial charge is 0.337 e. The molecule has 8 nitrogen and oxygen atoms in total. The van der Waals surface area contributed by atoms with Crippen molar-refractivity contribution in [2.45, 2.75) is 0 Å². The molecule has 2 rings (SSSR count). The predicted molar refractivity (Wildman–Crippen MR) is 79.1 cm³/mol. The fourth-order valence-corrected chi connectivity index (χ4v) is 1.76. The van der Waals surface area contributed by atoms with Crippen LogP contribution in [0.1, 0.15) is 10.4 Å². The van der Waals surface area contributed by atoms with Crippen LogP contribution < -0.4 is 10.6 Å². The molecule has 0 aromatic heterocycles. The number of nitrogens with zero attached hydrogens (tertiary/aromatic N) is 1. The molecule has 8 heteroatoms. The maximum Gasteiger partial charge on any atom is 0.337 e. The van der Waals surface area contributed by atoms with E-state index in [-0.39, 0.29) is 22.6 Å². The van der Waals surface area contributed by atoms with Crippen LogP contribution >= 0.6 is 0 Å². The molecule has 0 saturated heterocycles. The Morgan fingerprint density at radius 3 is 2.45 bits per heavy atom. The van der Waals surface area contributed by atoms with Crippen molar-refractivity contribution in [2.75, 3.05) is 10.6 Å². The fraction of sp³-hybridized carbons (Fsp3) is 0. The highest BCUT2D eigenvalue weighted by Crippen LogP contribution is 2.18. The zero-order valence-corrected chi connectivity index (χ0v) is 11.1. The Labute approximate surface area is 124 Å². The van der Waals surface area contributed by atoms with Crippen LogP contribution in [0.4, 0.5) is 21.9 Å². The molecule has 112 valence electrons. The standard InChI is InChI=1S/C14H11N3O5/c18-13(19)11-6-1-2-7-12(11)16-14(20)15-9-4-3-5-10(8-9)17(21)22/h1-8H,(H,18,19)(H2,15,16,20). The van der Waals surface area contributed by atoms with Gasteiger partial charge in [-0.2, -0.15) is 0 Å². The van der Waals surface area contributed by atoms with Crippen LogP contribution in [-0.2, 0) is 0 Å². The van der Waals surface area contributed by atoms with Crippen LogP contribution in [0, 0.1) is 10.1 Å². The van der Waals surface area contributed by atoms with Crippen LogP contribution in [0.5, 0.6) is 0 Å². The molecule has 0 aliphatic carbocycles. The molecule has 2 aromatic rings. The number of para-hydroxylation sites is 1. The number of carbonyl (C=O) groups excluding carboxylic acids is 1. The van der Waals surface area contributed by atoms with Crippen molar-refractivity contribution in [3.05, 3.63) is 64.2 Å². The van der Waals surface area contributed by atoms with Gasteiger partial charge in [0.05, 0.1) is 16.2 Å². The minimum absolute atomic E-state index is 0.0586. The van der Waals surface area contributed by atoms with Gasteiger partial charge in [0.25, 0.3) is 5.69 Å². The van der Waals surface area contributed by atoms with E-state index < -0.39 is 16.9 Å². The quantitative estimate of drug-likeness (QED) is 0.592. The molecule has 0 spiro atoms. The monoisotopic (exact) mass is 301 g/mol. The molecule has 0 radical (unpaired) electrons. The lowest BCUT2D eigenvalue weighted by molar-refractivity contribution is -0.384. The second kappa shape index (κ2) is 6.35. The number of anilines is 2. The number of hydrogen-bond donors (Lipinski definition) is 3. The van der Waals surface area contributed by atoms with E-state index in [2.05, 4.69) is 10.6 Å². The van der Waals surface area contributed by atoms with Crippen molar-refractivity contribution in [3.63, 3.8) is 0 Å². The van der Waals surface area contributed by atoms with Gasteiger partial charge in [-0.15, -0.1) is 0 Å². The molecule has 3 N–H and O–H groups in total. The Bertz CT molecular complexity index is 745. The number of rotatable bonds is 4. The molecule has 0 aliphatic heterocycles. The van der Waals surface area contributed by atoms with Gasteiger partial charge in [-0.05, 0) is 18.2 Å². The van der Waals surface area contributed by atoms with Crippen LogP contribution in [-0.4, -0.2) is 22.0 Å². The van der Waals surface area contributed by atoms with Gasteiger partial charge in [0.15, 0.2) is 0 Å². The van der Waals surface area contributed by atoms with E-state index in [9.17, 15) is 19.7 Å². The maximum absolute atomic E-state index is 11.9. The van der Waals surface area contributed by atoms with Crippen molar-refractivity contribution in [1.29, 1.82) is 0 Å². The number of nitro benzene ring substituents is 1. The van der Waals surface area contributed by atoms with Gasteiger partial charge in [-0.25, -0.2) is 9.59 Å². The van der Waals surface area contributed by atoms with E-state index in [0.717, 1.165) is 0 Å². The molecule has 2 amide bonds. The van der Waals surface area contributed by atoms with Gasteiger partial charge in [0, 0.05) is 17.8 Å². The van der Waals surface area contributed by atoms with E-state index >= 15 is 0 Å². The normalized spacial score (nSPS) is 9.82. The van der Waals surface area contributed by atoms with Gasteiger partial charge < -0.3 is 15.7 Å². The summed E-state index contributed by atoms with van der Waals surface area (Å²) in [5.74, 6) is -1.17. The topological polar surface area (TPSA) is 122 Å². The number of aromatic carboxylic acids is 1. The SMILES string of the molecule is O=C(Nc1cccc([N+](=O)[O-])c1)Nc1ccccc1C(=O)O. The zero-order chi connectivity index (χ0) is 16.1. The van der Waals surface area contributed by atoms with E-state index in [1.165, 1.54) is 42.5 Å². The number of nitro groups is 1. The summed E-state index contributed by atoms with van der Waals surface area (Å²) in [6.45, 7) is 0. The fourth-order valence-electron chi connectivity index (χ4n) is 1.76. The summed E-state index contributed by atoms with van der Waals surface area (Å²) in [6, 6.07) is 10.6. The van der Waals surface area contributed by atoms with E-state index in [0.29, 0.717) is 0 Å². The number of carboxylic acids is 1. The first-order chi connectivity index (χ1) is 10.5. The average molecular weight is 301 g/mol. The molecule has 22 heavy (non-hydrogen) atoms. The van der Waals surface area contributed by atoms with Crippen LogP contribution in [0.15, 0.2) is 48.5 Å². The highest BCUT2D eigenvalue weighted by Gasteiger charge is 2.12. The summed E-state index contributed by atoms with van der Waals surface area (Å²) in [6.07, 6.45) is 0. The number of nitrogens with one attached hydrogen (secondary N) is 2. The lowest BCUT2D eigenvalue weighted by atomic mass is 10.2. The van der Waals surface area contributed by atoms with Crippen molar-refractivity contribution in [2.24, 2.45) is 0 Å². The maximum atomic E-state index is 11.9. The molecular weight excluding hydrogens is 290 g/mol. The lowest BCUT2D eigenvalue weighted by Gasteiger charge is -2.09. The number of benzene rings is 2. The molecule has 0 saturated carbocycles. The lowest BCUT2D eigenvalue weighted by Crippen LogP contribution is -2.21. The van der Waals surface area contributed by atoms with Crippen molar-refractivity contribution in [3.8, 4) is 0 Å². The Balaban J connectivity index is 2.12. The molecule has 0 unspecified atom stereocenters. The van der Waals surface area contributed by atoms with Crippen LogP contribution in [0.3, 0.4) is 0 Å². The third-order valence-electron chi connectivity index (χ3n) is 2.72. The number of carboxylic acid groups (broad SMARTS) is 1. The van der Waals surface area contributed by atoms with E-state index in [1.54, 1.807) is 6.07 Å². The summed E-state index contributed by atoms with van der Waals surface area (Å²) in [5, 5.41) is 24.5. The molecule has 0 aliphatic rings. The second-order valence-corrected chi connectivity index (χ2v) is 4.24. The third kappa shape index (κ3) is 3.57. The number of carbonyl (C=O) groups is 2. The first-order valence-electron chi connectivity index (χ1n) is 6.12. The van der Waals surface area contributed by atoms with Gasteiger partial charge in [-0.3, -0.25) is 10.1 Å². The van der Waals surface area contributed by atoms with Crippen molar-refractivity contribution in [1.82, 2.24) is 0 Å². The Morgan fingerprint density at radius 2 is 1.77 bits per heavy atom. The average Bonchev–Trinajstić information content (AvgIpc) is 2.47. The Kier molecular flexibility index (Phi) is 4.33. The molecule has 2 aromatic carbocycles. The number of amides is 2. The van der Waals surface area contributed by atoms with E-state index in [1.807, 2.05) is 0 Å². The largest absolute Gasteiger partial charge is 0.478 e. The molecule has 0 fully saturated rings. The minimum atomic E-state index is -1.17. The number of urea groups is 1. The molecule has 0 bridgehead atoms. The zero-order valence-electron chi connectivity index (χ0n) is 11.1. The summed E-state index contributed by atoms with van der Waals surface area (Å²) in [5.41, 5.74) is 0.123. The van der Waals surface area contributed by atoms with Crippen LogP contribution in [0.2, 0.25) is 0 Å². The first kappa shape index (κ1) is 15.0. The Morgan fingerprint density at radius 1 is 1.05 bits per heavy atom. The van der Waals surface area contributed by atoms with Gasteiger partial charge in [0.1, 0.15) is 0 Å². The number of hydrogen-bond acceptors (Lipinski definition) is 4.